The molecule has 38 heavy (non-hydrogen) atoms. The summed E-state index contributed by atoms with van der Waals surface area (Å²) in [6.07, 6.45) is 6.86. The van der Waals surface area contributed by atoms with Crippen molar-refractivity contribution in [3.63, 3.8) is 0 Å². The normalized spacial score (nSPS) is 20.5. The molecule has 2 fully saturated rings. The third-order valence-electron chi connectivity index (χ3n) is 8.74. The third-order valence-corrected chi connectivity index (χ3v) is 8.74. The van der Waals surface area contributed by atoms with Crippen LogP contribution in [0.1, 0.15) is 58.4 Å². The highest BCUT2D eigenvalue weighted by Crippen LogP contribution is 2.36. The minimum absolute atomic E-state index is 0.159. The molecule has 0 bridgehead atoms. The molecule has 0 unspecified atom stereocenters. The number of carbonyl (C=O) groups is 1. The summed E-state index contributed by atoms with van der Waals surface area (Å²) >= 11 is 0. The first-order chi connectivity index (χ1) is 18.2. The van der Waals surface area contributed by atoms with Crippen molar-refractivity contribution in [1.29, 1.82) is 0 Å². The zero-order valence-electron chi connectivity index (χ0n) is 23.4. The topological polar surface area (TPSA) is 95.5 Å². The minimum Gasteiger partial charge on any atom is -0.379 e. The summed E-state index contributed by atoms with van der Waals surface area (Å²) in [6, 6.07) is 4.97. The number of nitrogens with zero attached hydrogens (tertiary/aromatic N) is 4. The van der Waals surface area contributed by atoms with Crippen molar-refractivity contribution in [2.24, 2.45) is 7.05 Å². The molecule has 9 nitrogen and oxygen atoms in total. The highest BCUT2D eigenvalue weighted by atomic mass is 16.5. The molecular weight excluding hydrogens is 480 g/mol. The molecule has 1 saturated carbocycles. The van der Waals surface area contributed by atoms with Crippen LogP contribution in [-0.2, 0) is 18.3 Å². The highest BCUT2D eigenvalue weighted by molar-refractivity contribution is 6.05. The van der Waals surface area contributed by atoms with Gasteiger partial charge in [-0.1, -0.05) is 0 Å². The van der Waals surface area contributed by atoms with E-state index in [1.807, 2.05) is 50.8 Å². The van der Waals surface area contributed by atoms with E-state index in [1.54, 1.807) is 7.11 Å². The molecule has 3 heterocycles. The number of H-pyrrole nitrogens is 1. The molecule has 2 N–H and O–H groups in total. The number of likely N-dealkylation sites (tertiary alicyclic amines) is 1. The van der Waals surface area contributed by atoms with Crippen molar-refractivity contribution in [3.8, 4) is 0 Å². The predicted molar refractivity (Wildman–Crippen MR) is 150 cm³/mol. The molecule has 1 amide bonds. The molecule has 0 spiro atoms. The lowest BCUT2D eigenvalue weighted by atomic mass is 9.87. The van der Waals surface area contributed by atoms with Gasteiger partial charge in [-0.05, 0) is 69.7 Å². The van der Waals surface area contributed by atoms with Crippen LogP contribution < -0.4 is 15.8 Å². The Hall–Kier alpha value is -3.17. The van der Waals surface area contributed by atoms with E-state index in [1.165, 1.54) is 12.8 Å². The Morgan fingerprint density at radius 1 is 1.18 bits per heavy atom. The molecule has 1 aliphatic heterocycles. The summed E-state index contributed by atoms with van der Waals surface area (Å²) < 4.78 is 7.31. The Morgan fingerprint density at radius 3 is 2.55 bits per heavy atom. The van der Waals surface area contributed by atoms with Crippen molar-refractivity contribution < 1.29 is 9.53 Å². The lowest BCUT2D eigenvalue weighted by Gasteiger charge is -2.47. The fourth-order valence-corrected chi connectivity index (χ4v) is 6.34. The predicted octanol–water partition coefficient (Wildman–Crippen LogP) is 3.19. The number of fused-ring (bicyclic) bond motifs is 1. The summed E-state index contributed by atoms with van der Waals surface area (Å²) in [5.74, 6) is -0.186. The lowest BCUT2D eigenvalue weighted by Crippen LogP contribution is -2.57. The van der Waals surface area contributed by atoms with Crippen molar-refractivity contribution in [1.82, 2.24) is 25.0 Å². The second kappa shape index (κ2) is 10.5. The number of hydrogen-bond donors (Lipinski definition) is 2. The standard InChI is InChI=1S/C29H40N6O3/c1-17-11-18(2)32-29(37)24(17)13-30-28(36)23-12-26(25-14-31-34(5)27(25)19(23)3)33(4)20-7-9-21(10-8-20)35-15-22(16-35)38-6/h11-12,14,20-22H,7-10,13,15-16H2,1-6H3,(H,30,36)(H,32,37). The molecule has 0 atom stereocenters. The third kappa shape index (κ3) is 4.85. The van der Waals surface area contributed by atoms with Crippen LogP contribution in [0.4, 0.5) is 5.69 Å². The van der Waals surface area contributed by atoms with Gasteiger partial charge in [0.05, 0.1) is 17.8 Å². The van der Waals surface area contributed by atoms with Crippen LogP contribution in [0.15, 0.2) is 23.1 Å². The molecule has 0 radical (unpaired) electrons. The van der Waals surface area contributed by atoms with Crippen molar-refractivity contribution in [3.05, 3.63) is 56.6 Å². The number of carbonyl (C=O) groups excluding carboxylic acids is 1. The Bertz CT molecular complexity index is 1400. The number of benzene rings is 1. The molecule has 9 heteroatoms. The number of amides is 1. The molecule has 2 aliphatic rings. The molecular formula is C29H40N6O3. The number of aromatic amines is 1. The monoisotopic (exact) mass is 520 g/mol. The molecule has 3 aromatic rings. The summed E-state index contributed by atoms with van der Waals surface area (Å²) in [5, 5.41) is 8.59. The van der Waals surface area contributed by atoms with E-state index < -0.39 is 0 Å². The first-order valence-corrected chi connectivity index (χ1v) is 13.6. The van der Waals surface area contributed by atoms with Crippen molar-refractivity contribution in [2.45, 2.75) is 71.2 Å². The van der Waals surface area contributed by atoms with E-state index in [-0.39, 0.29) is 18.0 Å². The van der Waals surface area contributed by atoms with Gasteiger partial charge in [0.15, 0.2) is 0 Å². The number of anilines is 1. The number of aromatic nitrogens is 3. The second-order valence-corrected chi connectivity index (χ2v) is 11.1. The highest BCUT2D eigenvalue weighted by Gasteiger charge is 2.35. The molecule has 5 rings (SSSR count). The summed E-state index contributed by atoms with van der Waals surface area (Å²) in [7, 11) is 5.86. The Kier molecular flexibility index (Phi) is 7.33. The van der Waals surface area contributed by atoms with Gasteiger partial charge in [0, 0.05) is 80.8 Å². The van der Waals surface area contributed by atoms with Gasteiger partial charge in [-0.15, -0.1) is 0 Å². The average Bonchev–Trinajstić information content (AvgIpc) is 3.25. The van der Waals surface area contributed by atoms with Crippen LogP contribution in [0.2, 0.25) is 0 Å². The van der Waals surface area contributed by atoms with Crippen LogP contribution in [-0.4, -0.2) is 71.0 Å². The molecule has 1 aromatic carbocycles. The number of methoxy groups -OCH3 is 1. The number of aryl methyl sites for hydroxylation is 4. The summed E-state index contributed by atoms with van der Waals surface area (Å²) in [5.41, 5.74) is 5.60. The zero-order chi connectivity index (χ0) is 27.1. The number of ether oxygens (including phenoxy) is 1. The van der Waals surface area contributed by atoms with Crippen molar-refractivity contribution in [2.75, 3.05) is 32.1 Å². The van der Waals surface area contributed by atoms with Crippen LogP contribution in [0.5, 0.6) is 0 Å². The number of rotatable bonds is 7. The van der Waals surface area contributed by atoms with Gasteiger partial charge in [-0.3, -0.25) is 19.2 Å². The fraction of sp³-hybridized carbons (Fsp3) is 0.552. The van der Waals surface area contributed by atoms with Crippen molar-refractivity contribution >= 4 is 22.5 Å². The van der Waals surface area contributed by atoms with E-state index in [4.69, 9.17) is 4.74 Å². The van der Waals surface area contributed by atoms with E-state index >= 15 is 0 Å². The average molecular weight is 521 g/mol. The Labute approximate surface area is 224 Å². The number of nitrogens with one attached hydrogen (secondary N) is 2. The molecule has 1 aliphatic carbocycles. The number of pyridine rings is 1. The van der Waals surface area contributed by atoms with Gasteiger partial charge in [0.2, 0.25) is 0 Å². The lowest BCUT2D eigenvalue weighted by molar-refractivity contribution is -0.0578. The van der Waals surface area contributed by atoms with Crippen LogP contribution >= 0.6 is 0 Å². The van der Waals surface area contributed by atoms with Gasteiger partial charge in [0.25, 0.3) is 11.5 Å². The first kappa shape index (κ1) is 26.4. The summed E-state index contributed by atoms with van der Waals surface area (Å²) in [4.78, 5) is 33.7. The van der Waals surface area contributed by atoms with Gasteiger partial charge in [-0.2, -0.15) is 5.10 Å². The molecule has 2 aromatic heterocycles. The van der Waals surface area contributed by atoms with Gasteiger partial charge >= 0.3 is 0 Å². The zero-order valence-corrected chi connectivity index (χ0v) is 23.4. The number of hydrogen-bond acceptors (Lipinski definition) is 6. The van der Waals surface area contributed by atoms with Gasteiger partial charge < -0.3 is 19.9 Å². The van der Waals surface area contributed by atoms with E-state index in [9.17, 15) is 9.59 Å². The van der Waals surface area contributed by atoms with E-state index in [0.29, 0.717) is 29.3 Å². The first-order valence-electron chi connectivity index (χ1n) is 13.6. The largest absolute Gasteiger partial charge is 0.379 e. The maximum Gasteiger partial charge on any atom is 0.253 e. The quantitative estimate of drug-likeness (QED) is 0.497. The van der Waals surface area contributed by atoms with Crippen LogP contribution in [0, 0.1) is 20.8 Å². The SMILES string of the molecule is COC1CN(C2CCC(N(C)c3cc(C(=O)NCc4c(C)cc(C)[nH]c4=O)c(C)c4c3cnn4C)CC2)C1. The Morgan fingerprint density at radius 2 is 1.89 bits per heavy atom. The maximum absolute atomic E-state index is 13.5. The van der Waals surface area contributed by atoms with E-state index in [2.05, 4.69) is 32.2 Å². The Balaban J connectivity index is 1.36. The molecule has 204 valence electrons. The second-order valence-electron chi connectivity index (χ2n) is 11.1. The van der Waals surface area contributed by atoms with Crippen LogP contribution in [0.3, 0.4) is 0 Å². The van der Waals surface area contributed by atoms with Crippen LogP contribution in [0.25, 0.3) is 10.9 Å². The maximum atomic E-state index is 13.5. The summed E-state index contributed by atoms with van der Waals surface area (Å²) in [6.45, 7) is 7.99. The minimum atomic E-state index is -0.186. The van der Waals surface area contributed by atoms with Gasteiger partial charge in [-0.25, -0.2) is 0 Å². The fourth-order valence-electron chi connectivity index (χ4n) is 6.34. The smallest absolute Gasteiger partial charge is 0.253 e. The van der Waals surface area contributed by atoms with Gasteiger partial charge in [0.1, 0.15) is 0 Å². The van der Waals surface area contributed by atoms with E-state index in [0.717, 1.165) is 59.3 Å². The molecule has 1 saturated heterocycles.